The Morgan fingerprint density at radius 2 is 1.97 bits per heavy atom. The van der Waals surface area contributed by atoms with Gasteiger partial charge in [0.2, 0.25) is 5.91 Å². The first-order valence-electron chi connectivity index (χ1n) is 10.9. The molecule has 0 radical (unpaired) electrons. The van der Waals surface area contributed by atoms with Gasteiger partial charge in [0.25, 0.3) is 0 Å². The Kier molecular flexibility index (Phi) is 6.16. The molecule has 1 aromatic heterocycles. The van der Waals surface area contributed by atoms with E-state index in [1.807, 2.05) is 18.2 Å². The summed E-state index contributed by atoms with van der Waals surface area (Å²) in [5, 5.41) is 5.16. The molecule has 0 fully saturated rings. The van der Waals surface area contributed by atoms with Gasteiger partial charge in [-0.3, -0.25) is 9.69 Å². The lowest BCUT2D eigenvalue weighted by Gasteiger charge is -2.38. The molecule has 0 spiro atoms. The molecule has 1 aliphatic heterocycles. The number of fused-ring (bicyclic) bond motifs is 3. The minimum atomic E-state index is 0.0836. The molecule has 30 heavy (non-hydrogen) atoms. The van der Waals surface area contributed by atoms with Crippen molar-refractivity contribution in [2.45, 2.75) is 51.6 Å². The molecule has 3 atom stereocenters. The highest BCUT2D eigenvalue weighted by Crippen LogP contribution is 2.44. The Labute approximate surface area is 183 Å². The summed E-state index contributed by atoms with van der Waals surface area (Å²) in [5.74, 6) is 0.196. The minimum Gasteiger partial charge on any atom is -0.357 e. The number of hydrogen-bond acceptors (Lipinski definition) is 2. The summed E-state index contributed by atoms with van der Waals surface area (Å²) < 4.78 is 0. The van der Waals surface area contributed by atoms with Gasteiger partial charge in [-0.2, -0.15) is 0 Å². The number of hydrogen-bond donors (Lipinski definition) is 2. The molecule has 0 saturated heterocycles. The molecule has 3 unspecified atom stereocenters. The van der Waals surface area contributed by atoms with Crippen molar-refractivity contribution in [3.63, 3.8) is 0 Å². The van der Waals surface area contributed by atoms with Gasteiger partial charge in [0.05, 0.1) is 6.54 Å². The summed E-state index contributed by atoms with van der Waals surface area (Å²) in [4.78, 5) is 18.6. The Morgan fingerprint density at radius 1 is 1.23 bits per heavy atom. The normalized spacial score (nSPS) is 20.1. The van der Waals surface area contributed by atoms with E-state index in [9.17, 15) is 4.79 Å². The number of amides is 1. The van der Waals surface area contributed by atoms with Gasteiger partial charge < -0.3 is 10.3 Å². The number of H-pyrrole nitrogens is 1. The summed E-state index contributed by atoms with van der Waals surface area (Å²) in [7, 11) is 0. The van der Waals surface area contributed by atoms with E-state index < -0.39 is 0 Å². The van der Waals surface area contributed by atoms with E-state index >= 15 is 0 Å². The van der Waals surface area contributed by atoms with Crippen molar-refractivity contribution < 1.29 is 4.79 Å². The Hall–Kier alpha value is -2.30. The maximum Gasteiger partial charge on any atom is 0.234 e. The highest BCUT2D eigenvalue weighted by molar-refractivity contribution is 6.31. The van der Waals surface area contributed by atoms with E-state index in [0.29, 0.717) is 6.54 Å². The van der Waals surface area contributed by atoms with Crippen LogP contribution in [0.5, 0.6) is 0 Å². The zero-order valence-electron chi connectivity index (χ0n) is 17.9. The number of carbonyl (C=O) groups is 1. The summed E-state index contributed by atoms with van der Waals surface area (Å²) in [5.41, 5.74) is 4.74. The SMILES string of the molecule is CCCC(C)NC(=O)CN1CC(c2ccccc2Cl)c2c([nH]c3ccccc23)C1C. The van der Waals surface area contributed by atoms with Crippen LogP contribution in [0.15, 0.2) is 48.5 Å². The van der Waals surface area contributed by atoms with Crippen LogP contribution in [0, 0.1) is 0 Å². The van der Waals surface area contributed by atoms with Crippen molar-refractivity contribution in [3.8, 4) is 0 Å². The fourth-order valence-electron chi connectivity index (χ4n) is 4.78. The molecule has 2 aromatic carbocycles. The molecule has 0 saturated carbocycles. The van der Waals surface area contributed by atoms with Crippen LogP contribution in [-0.2, 0) is 4.79 Å². The van der Waals surface area contributed by atoms with Gasteiger partial charge in [-0.1, -0.05) is 61.3 Å². The smallest absolute Gasteiger partial charge is 0.234 e. The first kappa shape index (κ1) is 21.0. The zero-order chi connectivity index (χ0) is 21.3. The maximum atomic E-state index is 12.7. The van der Waals surface area contributed by atoms with Crippen LogP contribution in [-0.4, -0.2) is 34.9 Å². The molecule has 0 bridgehead atoms. The second kappa shape index (κ2) is 8.83. The van der Waals surface area contributed by atoms with Crippen LogP contribution < -0.4 is 5.32 Å². The number of carbonyl (C=O) groups excluding carboxylic acids is 1. The van der Waals surface area contributed by atoms with Crippen LogP contribution in [0.25, 0.3) is 10.9 Å². The fraction of sp³-hybridized carbons (Fsp3) is 0.400. The third kappa shape index (κ3) is 3.99. The van der Waals surface area contributed by atoms with Gasteiger partial charge in [0.15, 0.2) is 0 Å². The van der Waals surface area contributed by atoms with Gasteiger partial charge in [-0.15, -0.1) is 0 Å². The molecular weight excluding hydrogens is 394 g/mol. The molecule has 2 N–H and O–H groups in total. The lowest BCUT2D eigenvalue weighted by molar-refractivity contribution is -0.123. The first-order chi connectivity index (χ1) is 14.5. The van der Waals surface area contributed by atoms with Crippen LogP contribution in [0.4, 0.5) is 0 Å². The number of aromatic nitrogens is 1. The molecule has 158 valence electrons. The molecule has 5 heteroatoms. The number of nitrogens with one attached hydrogen (secondary N) is 2. The minimum absolute atomic E-state index is 0.0836. The largest absolute Gasteiger partial charge is 0.357 e. The molecule has 4 rings (SSSR count). The molecule has 4 nitrogen and oxygen atoms in total. The number of nitrogens with zero attached hydrogens (tertiary/aromatic N) is 1. The highest BCUT2D eigenvalue weighted by Gasteiger charge is 2.36. The lowest BCUT2D eigenvalue weighted by atomic mass is 9.83. The molecule has 1 aliphatic rings. The topological polar surface area (TPSA) is 48.1 Å². The standard InChI is InChI=1S/C25H30ClN3O/c1-4-9-16(2)27-23(30)15-29-14-20(18-10-5-7-12-21(18)26)24-19-11-6-8-13-22(19)28-25(24)17(29)3/h5-8,10-13,16-17,20,28H,4,9,14-15H2,1-3H3,(H,27,30). The monoisotopic (exact) mass is 423 g/mol. The van der Waals surface area contributed by atoms with Gasteiger partial charge in [-0.05, 0) is 43.5 Å². The van der Waals surface area contributed by atoms with Crippen molar-refractivity contribution in [2.24, 2.45) is 0 Å². The van der Waals surface area contributed by atoms with Crippen LogP contribution in [0.2, 0.25) is 5.02 Å². The summed E-state index contributed by atoms with van der Waals surface area (Å²) in [6.45, 7) is 7.53. The summed E-state index contributed by atoms with van der Waals surface area (Å²) in [6.07, 6.45) is 2.06. The second-order valence-electron chi connectivity index (χ2n) is 8.43. The first-order valence-corrected chi connectivity index (χ1v) is 11.3. The van der Waals surface area contributed by atoms with E-state index in [0.717, 1.165) is 35.5 Å². The van der Waals surface area contributed by atoms with Gasteiger partial charge in [0.1, 0.15) is 0 Å². The van der Waals surface area contributed by atoms with E-state index in [4.69, 9.17) is 11.6 Å². The maximum absolute atomic E-state index is 12.7. The van der Waals surface area contributed by atoms with E-state index in [1.165, 1.54) is 16.6 Å². The lowest BCUT2D eigenvalue weighted by Crippen LogP contribution is -2.45. The molecule has 0 aliphatic carbocycles. The predicted molar refractivity (Wildman–Crippen MR) is 124 cm³/mol. The van der Waals surface area contributed by atoms with E-state index in [-0.39, 0.29) is 23.9 Å². The van der Waals surface area contributed by atoms with Gasteiger partial charge in [0, 0.05) is 46.2 Å². The van der Waals surface area contributed by atoms with Crippen molar-refractivity contribution >= 4 is 28.4 Å². The molecular formula is C25H30ClN3O. The Bertz CT molecular complexity index is 1040. The number of rotatable bonds is 6. The third-order valence-electron chi connectivity index (χ3n) is 6.26. The fourth-order valence-corrected chi connectivity index (χ4v) is 5.05. The van der Waals surface area contributed by atoms with Crippen molar-refractivity contribution in [3.05, 3.63) is 70.4 Å². The molecule has 3 aromatic rings. The van der Waals surface area contributed by atoms with Crippen molar-refractivity contribution in [1.29, 1.82) is 0 Å². The van der Waals surface area contributed by atoms with E-state index in [2.05, 4.69) is 66.3 Å². The number of aromatic amines is 1. The third-order valence-corrected chi connectivity index (χ3v) is 6.61. The molecule has 1 amide bonds. The predicted octanol–water partition coefficient (Wildman–Crippen LogP) is 5.63. The van der Waals surface area contributed by atoms with Crippen molar-refractivity contribution in [2.75, 3.05) is 13.1 Å². The van der Waals surface area contributed by atoms with Gasteiger partial charge >= 0.3 is 0 Å². The van der Waals surface area contributed by atoms with Crippen LogP contribution >= 0.6 is 11.6 Å². The number of halogens is 1. The Morgan fingerprint density at radius 3 is 2.73 bits per heavy atom. The molecule has 2 heterocycles. The van der Waals surface area contributed by atoms with Gasteiger partial charge in [-0.25, -0.2) is 0 Å². The average molecular weight is 424 g/mol. The highest BCUT2D eigenvalue weighted by atomic mass is 35.5. The van der Waals surface area contributed by atoms with Crippen LogP contribution in [0.1, 0.15) is 62.4 Å². The number of benzene rings is 2. The summed E-state index contributed by atoms with van der Waals surface area (Å²) in [6, 6.07) is 16.8. The second-order valence-corrected chi connectivity index (χ2v) is 8.84. The van der Waals surface area contributed by atoms with E-state index in [1.54, 1.807) is 0 Å². The van der Waals surface area contributed by atoms with Crippen LogP contribution in [0.3, 0.4) is 0 Å². The summed E-state index contributed by atoms with van der Waals surface area (Å²) >= 11 is 6.63. The zero-order valence-corrected chi connectivity index (χ0v) is 18.7. The van der Waals surface area contributed by atoms with Crippen molar-refractivity contribution in [1.82, 2.24) is 15.2 Å². The average Bonchev–Trinajstić information content (AvgIpc) is 3.11. The quantitative estimate of drug-likeness (QED) is 0.539. The number of para-hydroxylation sites is 1. The Balaban J connectivity index is 1.71.